The molecule has 10 heteroatoms. The topological polar surface area (TPSA) is 99.7 Å². The van der Waals surface area contributed by atoms with Crippen LogP contribution in [0.1, 0.15) is 62.6 Å². The van der Waals surface area contributed by atoms with E-state index in [2.05, 4.69) is 61.6 Å². The summed E-state index contributed by atoms with van der Waals surface area (Å²) in [6, 6.07) is 9.91. The number of anilines is 2. The van der Waals surface area contributed by atoms with Gasteiger partial charge in [0.15, 0.2) is 23.0 Å². The van der Waals surface area contributed by atoms with Gasteiger partial charge in [-0.2, -0.15) is 0 Å². The molecule has 1 amide bonds. The Morgan fingerprint density at radius 3 is 2.77 bits per heavy atom. The van der Waals surface area contributed by atoms with Gasteiger partial charge in [0, 0.05) is 69.2 Å². The van der Waals surface area contributed by atoms with E-state index in [1.165, 1.54) is 6.07 Å². The highest BCUT2D eigenvalue weighted by atomic mass is 19.1. The number of hydrogen-bond acceptors (Lipinski definition) is 8. The summed E-state index contributed by atoms with van der Waals surface area (Å²) in [6.45, 7) is 3.81. The number of nitrogens with zero attached hydrogens (tertiary/aromatic N) is 4. The van der Waals surface area contributed by atoms with Crippen molar-refractivity contribution in [1.29, 1.82) is 0 Å². The summed E-state index contributed by atoms with van der Waals surface area (Å²) >= 11 is 0. The van der Waals surface area contributed by atoms with E-state index >= 15 is 4.39 Å². The molecule has 1 aromatic heterocycles. The normalized spacial score (nSPS) is 25.4. The van der Waals surface area contributed by atoms with Gasteiger partial charge in [-0.15, -0.1) is 0 Å². The second-order valence-corrected chi connectivity index (χ2v) is 13.8. The van der Waals surface area contributed by atoms with Crippen LogP contribution in [0.15, 0.2) is 60.7 Å². The number of ether oxygens (including phenoxy) is 1. The number of piperidine rings is 1. The highest BCUT2D eigenvalue weighted by Gasteiger charge is 2.74. The van der Waals surface area contributed by atoms with Crippen molar-refractivity contribution in [3.8, 4) is 5.75 Å². The van der Waals surface area contributed by atoms with Crippen LogP contribution >= 0.6 is 0 Å². The zero-order chi connectivity index (χ0) is 33.0. The molecule has 0 spiro atoms. The molecule has 3 aromatic rings. The fourth-order valence-corrected chi connectivity index (χ4v) is 8.34. The van der Waals surface area contributed by atoms with Gasteiger partial charge in [-0.05, 0) is 67.0 Å². The summed E-state index contributed by atoms with van der Waals surface area (Å²) in [5.74, 6) is -0.641. The lowest BCUT2D eigenvalue weighted by molar-refractivity contribution is -0.122. The first kappa shape index (κ1) is 30.7. The summed E-state index contributed by atoms with van der Waals surface area (Å²) < 4.78 is 23.6. The molecule has 2 fully saturated rings. The van der Waals surface area contributed by atoms with Gasteiger partial charge in [0.1, 0.15) is 11.2 Å². The van der Waals surface area contributed by atoms with Crippen LogP contribution in [0.5, 0.6) is 5.75 Å². The van der Waals surface area contributed by atoms with Gasteiger partial charge < -0.3 is 25.2 Å². The summed E-state index contributed by atoms with van der Waals surface area (Å²) in [5.41, 5.74) is 1.13. The van der Waals surface area contributed by atoms with Crippen LogP contribution < -0.4 is 35.6 Å². The molecule has 248 valence electrons. The Bertz CT molecular complexity index is 1950. The molecule has 4 atom stereocenters. The first-order chi connectivity index (χ1) is 23.4. The van der Waals surface area contributed by atoms with Gasteiger partial charge in [-0.3, -0.25) is 19.6 Å². The molecule has 2 aliphatic carbocycles. The number of carbonyl (C=O) groups is 2. The van der Waals surface area contributed by atoms with Crippen molar-refractivity contribution in [2.75, 3.05) is 36.5 Å². The Labute approximate surface area is 279 Å². The molecule has 0 radical (unpaired) electrons. The van der Waals surface area contributed by atoms with Gasteiger partial charge in [-0.25, -0.2) is 4.39 Å². The van der Waals surface area contributed by atoms with Crippen LogP contribution in [0.2, 0.25) is 0 Å². The summed E-state index contributed by atoms with van der Waals surface area (Å²) in [5, 5.41) is 8.43. The van der Waals surface area contributed by atoms with Crippen LogP contribution in [0.3, 0.4) is 0 Å². The molecule has 3 aliphatic heterocycles. The first-order valence-corrected chi connectivity index (χ1v) is 17.2. The lowest BCUT2D eigenvalue weighted by atomic mass is 9.92. The quantitative estimate of drug-likeness (QED) is 0.342. The number of fused-ring (bicyclic) bond motifs is 1. The number of rotatable bonds is 9. The SMILES string of the molecule is CCCC(CCNC(=O)C1=CN2c3c(cc(F)c(N4CCCC(c5cnccn5)C4)c3OC34C=c5ccccc5=CC23C4)CC1=O)NC. The molecule has 2 N–H and O–H groups in total. The van der Waals surface area contributed by atoms with Gasteiger partial charge in [0.05, 0.1) is 17.0 Å². The van der Waals surface area contributed by atoms with Gasteiger partial charge in [-0.1, -0.05) is 37.6 Å². The molecular weight excluding hydrogens is 607 g/mol. The predicted octanol–water partition coefficient (Wildman–Crippen LogP) is 3.26. The van der Waals surface area contributed by atoms with Crippen LogP contribution in [0.25, 0.3) is 12.2 Å². The third-order valence-electron chi connectivity index (χ3n) is 10.9. The highest BCUT2D eigenvalue weighted by molar-refractivity contribution is 6.21. The first-order valence-electron chi connectivity index (χ1n) is 17.2. The van der Waals surface area contributed by atoms with E-state index in [4.69, 9.17) is 4.74 Å². The summed E-state index contributed by atoms with van der Waals surface area (Å²) in [6.07, 6.45) is 16.3. The maximum atomic E-state index is 16.5. The van der Waals surface area contributed by atoms with Gasteiger partial charge in [0.25, 0.3) is 5.91 Å². The van der Waals surface area contributed by atoms with Crippen molar-refractivity contribution in [3.05, 3.63) is 88.2 Å². The average Bonchev–Trinajstić information content (AvgIpc) is 3.80. The number of halogens is 1. The number of carbonyl (C=O) groups excluding carboxylic acids is 2. The predicted molar refractivity (Wildman–Crippen MR) is 183 cm³/mol. The van der Waals surface area contributed by atoms with E-state index in [-0.39, 0.29) is 29.7 Å². The number of hydrogen-bond donors (Lipinski definition) is 2. The van der Waals surface area contributed by atoms with E-state index in [9.17, 15) is 9.59 Å². The van der Waals surface area contributed by atoms with Crippen LogP contribution in [0, 0.1) is 5.82 Å². The van der Waals surface area contributed by atoms with Gasteiger partial charge >= 0.3 is 0 Å². The second kappa shape index (κ2) is 11.8. The minimum atomic E-state index is -0.778. The third kappa shape index (κ3) is 4.91. The number of nitrogens with one attached hydrogen (secondary N) is 2. The third-order valence-corrected chi connectivity index (χ3v) is 10.9. The van der Waals surface area contributed by atoms with Crippen molar-refractivity contribution in [2.45, 2.75) is 75.0 Å². The standard InChI is InChI=1S/C38H41FN6O3/c1-3-7-28(40-2)11-12-43-36(47)29-22-45-33-27(17-32(29)46)16-30(39)34(44-15-6-10-26(21-44)31-20-41-13-14-42-31)35(33)48-38-19-25-9-5-4-8-24(25)18-37(38,45)23-38/h4-5,8-9,13-14,16,18-20,22,26,28,40H,3,6-7,10-12,15,17,21,23H2,1-2H3,(H,43,47). The molecule has 2 aromatic carbocycles. The lowest BCUT2D eigenvalue weighted by Crippen LogP contribution is -2.51. The Morgan fingerprint density at radius 1 is 1.17 bits per heavy atom. The minimum absolute atomic E-state index is 0.0839. The van der Waals surface area contributed by atoms with Crippen LogP contribution in [-0.2, 0) is 16.0 Å². The van der Waals surface area contributed by atoms with E-state index in [1.807, 2.05) is 19.2 Å². The molecule has 1 saturated carbocycles. The molecule has 4 unspecified atom stereocenters. The van der Waals surface area contributed by atoms with Crippen molar-refractivity contribution in [2.24, 2.45) is 0 Å². The monoisotopic (exact) mass is 648 g/mol. The van der Waals surface area contributed by atoms with Crippen molar-refractivity contribution in [1.82, 2.24) is 20.6 Å². The molecule has 0 bridgehead atoms. The number of aromatic nitrogens is 2. The van der Waals surface area contributed by atoms with Crippen LogP contribution in [-0.4, -0.2) is 65.5 Å². The number of benzene rings is 2. The fraction of sp³-hybridized carbons (Fsp3) is 0.421. The highest BCUT2D eigenvalue weighted by Crippen LogP contribution is 2.67. The van der Waals surface area contributed by atoms with Gasteiger partial charge in [0.2, 0.25) is 0 Å². The molecule has 5 aliphatic rings. The van der Waals surface area contributed by atoms with E-state index in [1.54, 1.807) is 24.8 Å². The minimum Gasteiger partial charge on any atom is -0.476 e. The molecule has 4 heterocycles. The maximum absolute atomic E-state index is 16.5. The zero-order valence-corrected chi connectivity index (χ0v) is 27.5. The Kier molecular flexibility index (Phi) is 7.58. The van der Waals surface area contributed by atoms with E-state index in [0.29, 0.717) is 48.7 Å². The summed E-state index contributed by atoms with van der Waals surface area (Å²) in [4.78, 5) is 40.6. The molecule has 48 heavy (non-hydrogen) atoms. The zero-order valence-electron chi connectivity index (χ0n) is 27.5. The van der Waals surface area contributed by atoms with Crippen LogP contribution in [0.4, 0.5) is 15.8 Å². The molecular formula is C38H41FN6O3. The van der Waals surface area contributed by atoms with Crippen molar-refractivity contribution >= 4 is 35.2 Å². The smallest absolute Gasteiger partial charge is 0.256 e. The Balaban J connectivity index is 1.22. The van der Waals surface area contributed by atoms with Crippen molar-refractivity contribution in [3.63, 3.8) is 0 Å². The van der Waals surface area contributed by atoms with Crippen molar-refractivity contribution < 1.29 is 18.7 Å². The maximum Gasteiger partial charge on any atom is 0.256 e. The molecule has 1 saturated heterocycles. The largest absolute Gasteiger partial charge is 0.476 e. The molecule has 8 rings (SSSR count). The Hall–Kier alpha value is -4.57. The number of Topliss-reactive ketones (excluding diaryl/α,β-unsaturated/α-hetero) is 1. The van der Waals surface area contributed by atoms with E-state index < -0.39 is 22.9 Å². The Morgan fingerprint density at radius 2 is 2.00 bits per heavy atom. The van der Waals surface area contributed by atoms with E-state index in [0.717, 1.165) is 48.2 Å². The second-order valence-electron chi connectivity index (χ2n) is 13.8. The average molecular weight is 649 g/mol. The number of ketones is 1. The lowest BCUT2D eigenvalue weighted by Gasteiger charge is -2.43. The number of amides is 1. The summed E-state index contributed by atoms with van der Waals surface area (Å²) in [7, 11) is 1.93. The molecule has 9 nitrogen and oxygen atoms in total. The fourth-order valence-electron chi connectivity index (χ4n) is 8.34.